The van der Waals surface area contributed by atoms with Gasteiger partial charge >= 0.3 is 7.60 Å². The van der Waals surface area contributed by atoms with Gasteiger partial charge in [0.1, 0.15) is 5.66 Å². The molecular weight excluding hydrogens is 355 g/mol. The molecule has 0 radical (unpaired) electrons. The summed E-state index contributed by atoms with van der Waals surface area (Å²) in [6.45, 7) is 4.34. The van der Waals surface area contributed by atoms with E-state index >= 15 is 0 Å². The van der Waals surface area contributed by atoms with Gasteiger partial charge in [0.2, 0.25) is 0 Å². The summed E-state index contributed by atoms with van der Waals surface area (Å²) < 4.78 is 25.4. The quantitative estimate of drug-likeness (QED) is 0.407. The Hall–Kier alpha value is -2.19. The molecule has 0 saturated heterocycles. The highest BCUT2D eigenvalue weighted by Crippen LogP contribution is 2.64. The van der Waals surface area contributed by atoms with Gasteiger partial charge in [-0.3, -0.25) is 4.57 Å². The summed E-state index contributed by atoms with van der Waals surface area (Å²) in [6, 6.07) is 28.0. The largest absolute Gasteiger partial charge is 0.342 e. The average Bonchev–Trinajstić information content (AvgIpc) is 2.70. The second-order valence-corrected chi connectivity index (χ2v) is 8.25. The molecule has 27 heavy (non-hydrogen) atoms. The highest BCUT2D eigenvalue weighted by atomic mass is 31.2. The molecule has 3 aromatic rings. The van der Waals surface area contributed by atoms with E-state index in [1.54, 1.807) is 0 Å². The predicted molar refractivity (Wildman–Crippen MR) is 111 cm³/mol. The van der Waals surface area contributed by atoms with Crippen LogP contribution in [0, 0.1) is 0 Å². The second-order valence-electron chi connectivity index (χ2n) is 6.14. The summed E-state index contributed by atoms with van der Waals surface area (Å²) in [5.41, 5.74) is 3.49. The van der Waals surface area contributed by atoms with Crippen LogP contribution in [-0.4, -0.2) is 13.2 Å². The fourth-order valence-corrected chi connectivity index (χ4v) is 5.53. The monoisotopic (exact) mass is 380 g/mol. The number of benzene rings is 3. The van der Waals surface area contributed by atoms with Gasteiger partial charge in [0.15, 0.2) is 0 Å². The lowest BCUT2D eigenvalue weighted by molar-refractivity contribution is 0.215. The standard InChI is InChI=1S/C23H25O3P/c1-3-25-27(24,26-4-2)23(20-15-9-6-10-16-20)22-18-12-11-17-21(22)19-13-7-5-8-14-19/h5-18,23H,3-4H2,1-2H3. The van der Waals surface area contributed by atoms with Gasteiger partial charge in [0.05, 0.1) is 13.2 Å². The van der Waals surface area contributed by atoms with E-state index in [0.29, 0.717) is 13.2 Å². The van der Waals surface area contributed by atoms with Crippen LogP contribution in [0.4, 0.5) is 0 Å². The van der Waals surface area contributed by atoms with Crippen molar-refractivity contribution >= 4 is 7.60 Å². The zero-order valence-corrected chi connectivity index (χ0v) is 16.6. The van der Waals surface area contributed by atoms with E-state index in [4.69, 9.17) is 9.05 Å². The highest BCUT2D eigenvalue weighted by Gasteiger charge is 2.39. The van der Waals surface area contributed by atoms with Crippen LogP contribution in [0.1, 0.15) is 30.6 Å². The summed E-state index contributed by atoms with van der Waals surface area (Å²) >= 11 is 0. The van der Waals surface area contributed by atoms with Gasteiger partial charge in [-0.1, -0.05) is 84.9 Å². The maximum atomic E-state index is 13.9. The number of hydrogen-bond acceptors (Lipinski definition) is 3. The third kappa shape index (κ3) is 4.39. The Balaban J connectivity index is 2.23. The first-order valence-corrected chi connectivity index (χ1v) is 10.9. The smallest absolute Gasteiger partial charge is 0.308 e. The van der Waals surface area contributed by atoms with Gasteiger partial charge in [0, 0.05) is 0 Å². The lowest BCUT2D eigenvalue weighted by atomic mass is 9.94. The van der Waals surface area contributed by atoms with Crippen molar-refractivity contribution in [1.29, 1.82) is 0 Å². The molecule has 1 unspecified atom stereocenters. The van der Waals surface area contributed by atoms with Crippen molar-refractivity contribution in [3.8, 4) is 11.1 Å². The molecule has 0 aliphatic carbocycles. The minimum atomic E-state index is -3.42. The molecule has 0 bridgehead atoms. The average molecular weight is 380 g/mol. The second kappa shape index (κ2) is 9.14. The molecule has 4 heteroatoms. The van der Waals surface area contributed by atoms with Crippen molar-refractivity contribution < 1.29 is 13.6 Å². The molecule has 0 aliphatic rings. The zero-order valence-electron chi connectivity index (χ0n) is 15.7. The fourth-order valence-electron chi connectivity index (χ4n) is 3.33. The van der Waals surface area contributed by atoms with Gasteiger partial charge in [-0.05, 0) is 36.1 Å². The molecule has 3 nitrogen and oxygen atoms in total. The highest BCUT2D eigenvalue weighted by molar-refractivity contribution is 7.54. The molecule has 0 spiro atoms. The van der Waals surface area contributed by atoms with Crippen LogP contribution in [0.5, 0.6) is 0 Å². The van der Waals surface area contributed by atoms with E-state index in [0.717, 1.165) is 22.3 Å². The number of rotatable bonds is 8. The summed E-state index contributed by atoms with van der Waals surface area (Å²) in [4.78, 5) is 0. The van der Waals surface area contributed by atoms with Crippen molar-refractivity contribution in [3.63, 3.8) is 0 Å². The topological polar surface area (TPSA) is 35.5 Å². The third-order valence-electron chi connectivity index (χ3n) is 4.39. The molecule has 0 N–H and O–H groups in total. The minimum absolute atomic E-state index is 0.327. The molecular formula is C23H25O3P. The molecule has 0 aliphatic heterocycles. The van der Waals surface area contributed by atoms with E-state index in [1.807, 2.05) is 80.6 Å². The lowest BCUT2D eigenvalue weighted by Gasteiger charge is -2.28. The SMILES string of the molecule is CCOP(=O)(OCC)C(c1ccccc1)c1ccccc1-c1ccccc1. The molecule has 0 saturated carbocycles. The first-order valence-electron chi connectivity index (χ1n) is 9.27. The molecule has 3 rings (SSSR count). The van der Waals surface area contributed by atoms with Crippen LogP contribution in [-0.2, 0) is 13.6 Å². The van der Waals surface area contributed by atoms with Crippen LogP contribution >= 0.6 is 7.60 Å². The first-order chi connectivity index (χ1) is 13.2. The van der Waals surface area contributed by atoms with E-state index in [-0.39, 0.29) is 0 Å². The van der Waals surface area contributed by atoms with Crippen LogP contribution in [0.2, 0.25) is 0 Å². The van der Waals surface area contributed by atoms with E-state index in [1.165, 1.54) is 0 Å². The molecule has 0 fully saturated rings. The third-order valence-corrected chi connectivity index (χ3v) is 6.83. The minimum Gasteiger partial charge on any atom is -0.308 e. The summed E-state index contributed by atoms with van der Waals surface area (Å²) in [5.74, 6) is 0. The van der Waals surface area contributed by atoms with Crippen LogP contribution in [0.3, 0.4) is 0 Å². The van der Waals surface area contributed by atoms with Crippen molar-refractivity contribution in [2.24, 2.45) is 0 Å². The molecule has 0 amide bonds. The Kier molecular flexibility index (Phi) is 6.63. The van der Waals surface area contributed by atoms with E-state index in [2.05, 4.69) is 18.2 Å². The molecule has 0 heterocycles. The zero-order chi connectivity index (χ0) is 19.1. The summed E-state index contributed by atoms with van der Waals surface area (Å²) in [5, 5.41) is 0. The Morgan fingerprint density at radius 2 is 1.26 bits per heavy atom. The van der Waals surface area contributed by atoms with Crippen molar-refractivity contribution in [3.05, 3.63) is 96.1 Å². The van der Waals surface area contributed by atoms with Crippen LogP contribution in [0.25, 0.3) is 11.1 Å². The maximum Gasteiger partial charge on any atom is 0.342 e. The van der Waals surface area contributed by atoms with Crippen LogP contribution < -0.4 is 0 Å². The lowest BCUT2D eigenvalue weighted by Crippen LogP contribution is -2.09. The van der Waals surface area contributed by atoms with Gasteiger partial charge in [0.25, 0.3) is 0 Å². The van der Waals surface area contributed by atoms with Gasteiger partial charge in [-0.15, -0.1) is 0 Å². The van der Waals surface area contributed by atoms with Gasteiger partial charge in [-0.25, -0.2) is 0 Å². The Morgan fingerprint density at radius 3 is 1.85 bits per heavy atom. The number of hydrogen-bond donors (Lipinski definition) is 0. The van der Waals surface area contributed by atoms with Crippen molar-refractivity contribution in [2.75, 3.05) is 13.2 Å². The maximum absolute atomic E-state index is 13.9. The Morgan fingerprint density at radius 1 is 0.741 bits per heavy atom. The molecule has 3 aromatic carbocycles. The molecule has 1 atom stereocenters. The van der Waals surface area contributed by atoms with Gasteiger partial charge in [-0.2, -0.15) is 0 Å². The Bertz CT molecular complexity index is 884. The van der Waals surface area contributed by atoms with Crippen molar-refractivity contribution in [2.45, 2.75) is 19.5 Å². The van der Waals surface area contributed by atoms with Crippen molar-refractivity contribution in [1.82, 2.24) is 0 Å². The first kappa shape index (κ1) is 19.6. The van der Waals surface area contributed by atoms with E-state index < -0.39 is 13.3 Å². The van der Waals surface area contributed by atoms with Gasteiger partial charge < -0.3 is 9.05 Å². The van der Waals surface area contributed by atoms with E-state index in [9.17, 15) is 4.57 Å². The summed E-state index contributed by atoms with van der Waals surface area (Å²) in [7, 11) is -3.42. The fraction of sp³-hybridized carbons (Fsp3) is 0.217. The molecule has 0 aromatic heterocycles. The summed E-state index contributed by atoms with van der Waals surface area (Å²) in [6.07, 6.45) is 0. The molecule has 140 valence electrons. The van der Waals surface area contributed by atoms with Crippen LogP contribution in [0.15, 0.2) is 84.9 Å². The normalized spacial score (nSPS) is 12.7. The predicted octanol–water partition coefficient (Wildman–Crippen LogP) is 6.71. The Labute approximate surface area is 161 Å².